The van der Waals surface area contributed by atoms with Crippen LogP contribution < -0.4 is 9.62 Å². The van der Waals surface area contributed by atoms with Gasteiger partial charge in [-0.05, 0) is 30.7 Å². The summed E-state index contributed by atoms with van der Waals surface area (Å²) in [6.07, 6.45) is 1.10. The molecule has 0 fully saturated rings. The quantitative estimate of drug-likeness (QED) is 0.884. The number of amides is 1. The van der Waals surface area contributed by atoms with E-state index in [9.17, 15) is 13.2 Å². The molecule has 0 atom stereocenters. The highest BCUT2D eigenvalue weighted by atomic mass is 35.5. The molecule has 2 rings (SSSR count). The molecule has 7 heteroatoms. The van der Waals surface area contributed by atoms with Gasteiger partial charge in [0, 0.05) is 13.6 Å². The Bertz CT molecular complexity index is 849. The maximum absolute atomic E-state index is 12.4. The number of hydrogen-bond acceptors (Lipinski definition) is 3. The van der Waals surface area contributed by atoms with Gasteiger partial charge in [-0.1, -0.05) is 41.4 Å². The number of nitrogens with one attached hydrogen (secondary N) is 1. The van der Waals surface area contributed by atoms with E-state index in [1.807, 2.05) is 31.2 Å². The molecule has 0 aliphatic rings. The topological polar surface area (TPSA) is 66.5 Å². The van der Waals surface area contributed by atoms with E-state index in [0.717, 1.165) is 21.7 Å². The number of rotatable bonds is 5. The van der Waals surface area contributed by atoms with Crippen molar-refractivity contribution in [1.29, 1.82) is 0 Å². The minimum atomic E-state index is -3.41. The van der Waals surface area contributed by atoms with Crippen LogP contribution in [-0.2, 0) is 16.6 Å². The van der Waals surface area contributed by atoms with E-state index in [2.05, 4.69) is 5.32 Å². The van der Waals surface area contributed by atoms with Crippen LogP contribution in [0.5, 0.6) is 0 Å². The number of benzene rings is 2. The van der Waals surface area contributed by atoms with Gasteiger partial charge in [0.2, 0.25) is 10.0 Å². The second-order valence-corrected chi connectivity index (χ2v) is 7.98. The summed E-state index contributed by atoms with van der Waals surface area (Å²) >= 11 is 6.08. The van der Waals surface area contributed by atoms with E-state index in [0.29, 0.717) is 12.2 Å². The molecular formula is C17H19ClN2O3S. The van der Waals surface area contributed by atoms with Crippen molar-refractivity contribution in [2.24, 2.45) is 0 Å². The molecule has 0 bridgehead atoms. The second kappa shape index (κ2) is 7.23. The normalized spacial score (nSPS) is 11.2. The maximum atomic E-state index is 12.4. The van der Waals surface area contributed by atoms with Crippen molar-refractivity contribution in [3.63, 3.8) is 0 Å². The first kappa shape index (κ1) is 18.3. The van der Waals surface area contributed by atoms with Crippen molar-refractivity contribution in [3.8, 4) is 0 Å². The van der Waals surface area contributed by atoms with E-state index in [4.69, 9.17) is 11.6 Å². The second-order valence-electron chi connectivity index (χ2n) is 5.56. The lowest BCUT2D eigenvalue weighted by Crippen LogP contribution is -2.26. The van der Waals surface area contributed by atoms with Crippen LogP contribution in [0.3, 0.4) is 0 Å². The lowest BCUT2D eigenvalue weighted by atomic mass is 10.1. The number of nitrogens with zero attached hydrogens (tertiary/aromatic N) is 1. The Balaban J connectivity index is 2.18. The lowest BCUT2D eigenvalue weighted by molar-refractivity contribution is 0.0951. The summed E-state index contributed by atoms with van der Waals surface area (Å²) in [7, 11) is -1.99. The van der Waals surface area contributed by atoms with Gasteiger partial charge in [0.15, 0.2) is 0 Å². The minimum Gasteiger partial charge on any atom is -0.348 e. The Morgan fingerprint density at radius 2 is 1.79 bits per heavy atom. The number of carbonyl (C=O) groups excluding carboxylic acids is 1. The predicted octanol–water partition coefficient (Wildman–Crippen LogP) is 2.97. The van der Waals surface area contributed by atoms with E-state index >= 15 is 0 Å². The van der Waals surface area contributed by atoms with E-state index in [1.165, 1.54) is 19.2 Å². The molecule has 5 nitrogen and oxygen atoms in total. The van der Waals surface area contributed by atoms with Gasteiger partial charge in [0.25, 0.3) is 5.91 Å². The first-order chi connectivity index (χ1) is 11.2. The zero-order valence-electron chi connectivity index (χ0n) is 13.7. The molecule has 0 heterocycles. The number of carbonyl (C=O) groups is 1. The number of anilines is 1. The molecule has 0 unspecified atom stereocenters. The molecule has 0 aromatic heterocycles. The highest BCUT2D eigenvalue weighted by Gasteiger charge is 2.16. The van der Waals surface area contributed by atoms with Crippen molar-refractivity contribution in [3.05, 3.63) is 64.2 Å². The molecule has 0 saturated heterocycles. The Labute approximate surface area is 147 Å². The summed E-state index contributed by atoms with van der Waals surface area (Å²) in [5, 5.41) is 3.05. The van der Waals surface area contributed by atoms with Crippen LogP contribution in [0, 0.1) is 6.92 Å². The third kappa shape index (κ3) is 4.49. The Kier molecular flexibility index (Phi) is 5.51. The molecule has 2 aromatic rings. The molecule has 1 amide bonds. The van der Waals surface area contributed by atoms with Gasteiger partial charge in [-0.2, -0.15) is 0 Å². The Hall–Kier alpha value is -2.05. The van der Waals surface area contributed by atoms with Gasteiger partial charge in [0.1, 0.15) is 0 Å². The van der Waals surface area contributed by atoms with E-state index in [1.54, 1.807) is 6.07 Å². The highest BCUT2D eigenvalue weighted by Crippen LogP contribution is 2.24. The molecule has 1 N–H and O–H groups in total. The maximum Gasteiger partial charge on any atom is 0.253 e. The first-order valence-corrected chi connectivity index (χ1v) is 9.48. The SMILES string of the molecule is Cc1ccc(CNC(=O)c2cc(N(C)S(C)(=O)=O)ccc2Cl)cc1. The van der Waals surface area contributed by atoms with Crippen LogP contribution in [0.4, 0.5) is 5.69 Å². The lowest BCUT2D eigenvalue weighted by Gasteiger charge is -2.18. The van der Waals surface area contributed by atoms with Gasteiger partial charge in [-0.3, -0.25) is 9.10 Å². The van der Waals surface area contributed by atoms with Crippen molar-refractivity contribution < 1.29 is 13.2 Å². The van der Waals surface area contributed by atoms with Crippen LogP contribution in [0.1, 0.15) is 21.5 Å². The van der Waals surface area contributed by atoms with Gasteiger partial charge >= 0.3 is 0 Å². The molecule has 0 saturated carbocycles. The molecule has 0 aliphatic carbocycles. The largest absolute Gasteiger partial charge is 0.348 e. The summed E-state index contributed by atoms with van der Waals surface area (Å²) in [5.74, 6) is -0.357. The monoisotopic (exact) mass is 366 g/mol. The highest BCUT2D eigenvalue weighted by molar-refractivity contribution is 7.92. The Morgan fingerprint density at radius 3 is 2.38 bits per heavy atom. The summed E-state index contributed by atoms with van der Waals surface area (Å²) < 4.78 is 24.4. The number of halogens is 1. The fourth-order valence-electron chi connectivity index (χ4n) is 2.06. The van der Waals surface area contributed by atoms with Crippen LogP contribution in [-0.4, -0.2) is 27.6 Å². The van der Waals surface area contributed by atoms with Crippen molar-refractivity contribution in [1.82, 2.24) is 5.32 Å². The number of aryl methyl sites for hydroxylation is 1. The molecule has 0 aliphatic heterocycles. The summed E-state index contributed by atoms with van der Waals surface area (Å²) in [6.45, 7) is 2.35. The number of sulfonamides is 1. The average molecular weight is 367 g/mol. The molecule has 2 aromatic carbocycles. The summed E-state index contributed by atoms with van der Waals surface area (Å²) in [4.78, 5) is 12.4. The standard InChI is InChI=1S/C17H19ClN2O3S/c1-12-4-6-13(7-5-12)11-19-17(21)15-10-14(8-9-16(15)18)20(2)24(3,22)23/h4-10H,11H2,1-3H3,(H,19,21). The van der Waals surface area contributed by atoms with Gasteiger partial charge in [-0.25, -0.2) is 8.42 Å². The van der Waals surface area contributed by atoms with Gasteiger partial charge in [0.05, 0.1) is 22.5 Å². The summed E-state index contributed by atoms with van der Waals surface area (Å²) in [5.41, 5.74) is 2.72. The van der Waals surface area contributed by atoms with E-state index in [-0.39, 0.29) is 16.5 Å². The van der Waals surface area contributed by atoms with Crippen molar-refractivity contribution in [2.45, 2.75) is 13.5 Å². The fourth-order valence-corrected chi connectivity index (χ4v) is 2.76. The van der Waals surface area contributed by atoms with Crippen molar-refractivity contribution in [2.75, 3.05) is 17.6 Å². The zero-order valence-corrected chi connectivity index (χ0v) is 15.3. The van der Waals surface area contributed by atoms with Gasteiger partial charge < -0.3 is 5.32 Å². The van der Waals surface area contributed by atoms with Crippen LogP contribution >= 0.6 is 11.6 Å². The summed E-state index contributed by atoms with van der Waals surface area (Å²) in [6, 6.07) is 12.3. The fraction of sp³-hybridized carbons (Fsp3) is 0.235. The molecule has 0 radical (unpaired) electrons. The first-order valence-electron chi connectivity index (χ1n) is 7.25. The number of hydrogen-bond donors (Lipinski definition) is 1. The average Bonchev–Trinajstić information content (AvgIpc) is 2.53. The molecule has 0 spiro atoms. The minimum absolute atomic E-state index is 0.233. The van der Waals surface area contributed by atoms with Crippen LogP contribution in [0.15, 0.2) is 42.5 Å². The third-order valence-electron chi connectivity index (χ3n) is 3.63. The van der Waals surface area contributed by atoms with Crippen LogP contribution in [0.25, 0.3) is 0 Å². The van der Waals surface area contributed by atoms with E-state index < -0.39 is 10.0 Å². The smallest absolute Gasteiger partial charge is 0.253 e. The molecular weight excluding hydrogens is 348 g/mol. The molecule has 128 valence electrons. The van der Waals surface area contributed by atoms with Crippen LogP contribution in [0.2, 0.25) is 5.02 Å². The van der Waals surface area contributed by atoms with Crippen molar-refractivity contribution >= 4 is 33.2 Å². The molecule has 24 heavy (non-hydrogen) atoms. The zero-order chi connectivity index (χ0) is 17.9. The predicted molar refractivity (Wildman–Crippen MR) is 97.0 cm³/mol. The Morgan fingerprint density at radius 1 is 1.17 bits per heavy atom. The van der Waals surface area contributed by atoms with Gasteiger partial charge in [-0.15, -0.1) is 0 Å². The third-order valence-corrected chi connectivity index (χ3v) is 5.16.